The number of benzene rings is 2. The number of hydrogen-bond donors (Lipinski definition) is 0. The van der Waals surface area contributed by atoms with E-state index in [9.17, 15) is 0 Å². The quantitative estimate of drug-likeness (QED) is 0.472. The molecule has 0 aliphatic heterocycles. The van der Waals surface area contributed by atoms with Gasteiger partial charge in [0, 0.05) is 12.0 Å². The summed E-state index contributed by atoms with van der Waals surface area (Å²) in [5.41, 5.74) is 0. The molecule has 0 aliphatic rings. The van der Waals surface area contributed by atoms with Gasteiger partial charge in [-0.3, -0.25) is 0 Å². The molecule has 2 nitrogen and oxygen atoms in total. The van der Waals surface area contributed by atoms with Gasteiger partial charge in [0.25, 0.3) is 0 Å². The van der Waals surface area contributed by atoms with E-state index < -0.39 is 8.56 Å². The maximum atomic E-state index is 6.24. The van der Waals surface area contributed by atoms with Crippen molar-refractivity contribution in [1.29, 1.82) is 0 Å². The maximum Gasteiger partial charge on any atom is 0.392 e. The Hall–Kier alpha value is -1.32. The lowest BCUT2D eigenvalue weighted by molar-refractivity contribution is 0.242. The number of rotatable bonds is 8. The SMILES string of the molecule is CCCCCCO[Si](C)(C)Oc1cccc2ccccc12. The van der Waals surface area contributed by atoms with Crippen molar-refractivity contribution in [2.24, 2.45) is 0 Å². The second-order valence-corrected chi connectivity index (χ2v) is 9.18. The van der Waals surface area contributed by atoms with Crippen LogP contribution in [0, 0.1) is 0 Å². The third-order valence-corrected chi connectivity index (χ3v) is 5.16. The van der Waals surface area contributed by atoms with E-state index in [2.05, 4.69) is 50.3 Å². The Morgan fingerprint density at radius 3 is 2.48 bits per heavy atom. The van der Waals surface area contributed by atoms with Crippen molar-refractivity contribution in [3.8, 4) is 5.75 Å². The highest BCUT2D eigenvalue weighted by Gasteiger charge is 2.27. The van der Waals surface area contributed by atoms with Gasteiger partial charge in [-0.15, -0.1) is 0 Å². The molecule has 2 aromatic rings. The first kappa shape index (κ1) is 16.1. The number of unbranched alkanes of at least 4 members (excludes halogenated alkanes) is 3. The molecule has 114 valence electrons. The van der Waals surface area contributed by atoms with Crippen LogP contribution in [0.25, 0.3) is 10.8 Å². The van der Waals surface area contributed by atoms with E-state index in [-0.39, 0.29) is 0 Å². The van der Waals surface area contributed by atoms with Crippen molar-refractivity contribution in [3.63, 3.8) is 0 Å². The van der Waals surface area contributed by atoms with Crippen molar-refractivity contribution in [1.82, 2.24) is 0 Å². The second-order valence-electron chi connectivity index (χ2n) is 5.89. The summed E-state index contributed by atoms with van der Waals surface area (Å²) in [5.74, 6) is 0.943. The van der Waals surface area contributed by atoms with E-state index in [1.54, 1.807) is 0 Å². The highest BCUT2D eigenvalue weighted by Crippen LogP contribution is 2.27. The Bertz CT molecular complexity index is 561. The van der Waals surface area contributed by atoms with E-state index in [1.165, 1.54) is 24.6 Å². The standard InChI is InChI=1S/C18H26O2Si/c1-4-5-6-9-15-19-21(2,3)20-18-14-10-12-16-11-7-8-13-17(16)18/h7-8,10-14H,4-6,9,15H2,1-3H3. The van der Waals surface area contributed by atoms with Gasteiger partial charge in [-0.1, -0.05) is 62.6 Å². The summed E-state index contributed by atoms with van der Waals surface area (Å²) in [6.07, 6.45) is 4.92. The average Bonchev–Trinajstić information content (AvgIpc) is 2.47. The molecule has 0 saturated heterocycles. The number of fused-ring (bicyclic) bond motifs is 1. The van der Waals surface area contributed by atoms with Crippen LogP contribution in [-0.2, 0) is 4.43 Å². The Kier molecular flexibility index (Phi) is 5.82. The van der Waals surface area contributed by atoms with Gasteiger partial charge in [0.05, 0.1) is 0 Å². The minimum Gasteiger partial charge on any atom is -0.520 e. The van der Waals surface area contributed by atoms with Gasteiger partial charge in [-0.2, -0.15) is 0 Å². The molecular formula is C18H26O2Si. The topological polar surface area (TPSA) is 18.5 Å². The van der Waals surface area contributed by atoms with E-state index >= 15 is 0 Å². The lowest BCUT2D eigenvalue weighted by atomic mass is 10.1. The lowest BCUT2D eigenvalue weighted by Gasteiger charge is -2.24. The largest absolute Gasteiger partial charge is 0.520 e. The van der Waals surface area contributed by atoms with Crippen LogP contribution in [0.15, 0.2) is 42.5 Å². The highest BCUT2D eigenvalue weighted by molar-refractivity contribution is 6.65. The molecule has 0 bridgehead atoms. The predicted octanol–water partition coefficient (Wildman–Crippen LogP) is 5.52. The molecule has 0 heterocycles. The smallest absolute Gasteiger partial charge is 0.392 e. The molecule has 0 unspecified atom stereocenters. The molecule has 0 aliphatic carbocycles. The predicted molar refractivity (Wildman–Crippen MR) is 92.2 cm³/mol. The molecule has 0 N–H and O–H groups in total. The van der Waals surface area contributed by atoms with Gasteiger partial charge in [0.1, 0.15) is 5.75 Å². The molecule has 21 heavy (non-hydrogen) atoms. The summed E-state index contributed by atoms with van der Waals surface area (Å²) >= 11 is 0. The van der Waals surface area contributed by atoms with Gasteiger partial charge < -0.3 is 8.85 Å². The normalized spacial score (nSPS) is 11.8. The molecule has 0 saturated carbocycles. The second kappa shape index (κ2) is 7.62. The van der Waals surface area contributed by atoms with Gasteiger partial charge in [-0.05, 0) is 31.0 Å². The highest BCUT2D eigenvalue weighted by atomic mass is 28.4. The van der Waals surface area contributed by atoms with Gasteiger partial charge in [0.15, 0.2) is 0 Å². The Morgan fingerprint density at radius 1 is 0.905 bits per heavy atom. The zero-order valence-corrected chi connectivity index (χ0v) is 14.4. The van der Waals surface area contributed by atoms with Crippen LogP contribution in [-0.4, -0.2) is 15.2 Å². The molecule has 0 atom stereocenters. The summed E-state index contributed by atoms with van der Waals surface area (Å²) in [7, 11) is -2.12. The van der Waals surface area contributed by atoms with Crippen molar-refractivity contribution >= 4 is 19.3 Å². The first-order chi connectivity index (χ1) is 10.1. The summed E-state index contributed by atoms with van der Waals surface area (Å²) in [5, 5.41) is 2.37. The third kappa shape index (κ3) is 4.86. The third-order valence-electron chi connectivity index (χ3n) is 3.55. The molecule has 0 radical (unpaired) electrons. The molecule has 3 heteroatoms. The van der Waals surface area contributed by atoms with Gasteiger partial charge in [-0.25, -0.2) is 0 Å². The van der Waals surface area contributed by atoms with Crippen LogP contribution in [0.2, 0.25) is 13.1 Å². The van der Waals surface area contributed by atoms with Crippen LogP contribution in [0.3, 0.4) is 0 Å². The maximum absolute atomic E-state index is 6.24. The van der Waals surface area contributed by atoms with E-state index in [4.69, 9.17) is 8.85 Å². The van der Waals surface area contributed by atoms with Crippen LogP contribution < -0.4 is 4.43 Å². The monoisotopic (exact) mass is 302 g/mol. The lowest BCUT2D eigenvalue weighted by Crippen LogP contribution is -2.38. The zero-order chi connectivity index (χ0) is 15.1. The molecular weight excluding hydrogens is 276 g/mol. The van der Waals surface area contributed by atoms with Crippen LogP contribution in [0.4, 0.5) is 0 Å². The zero-order valence-electron chi connectivity index (χ0n) is 13.4. The Morgan fingerprint density at radius 2 is 1.67 bits per heavy atom. The van der Waals surface area contributed by atoms with Crippen LogP contribution in [0.1, 0.15) is 32.6 Å². The molecule has 0 spiro atoms. The Labute approximate surface area is 129 Å². The van der Waals surface area contributed by atoms with Crippen LogP contribution >= 0.6 is 0 Å². The molecule has 2 aromatic carbocycles. The molecule has 2 rings (SSSR count). The van der Waals surface area contributed by atoms with Crippen molar-refractivity contribution in [3.05, 3.63) is 42.5 Å². The van der Waals surface area contributed by atoms with E-state index in [0.29, 0.717) is 0 Å². The minimum atomic E-state index is -2.12. The van der Waals surface area contributed by atoms with Gasteiger partial charge >= 0.3 is 8.56 Å². The molecule has 0 aromatic heterocycles. The Balaban J connectivity index is 1.98. The van der Waals surface area contributed by atoms with Crippen molar-refractivity contribution < 1.29 is 8.85 Å². The van der Waals surface area contributed by atoms with E-state index in [0.717, 1.165) is 24.2 Å². The minimum absolute atomic E-state index is 0.810. The van der Waals surface area contributed by atoms with Crippen molar-refractivity contribution in [2.75, 3.05) is 6.61 Å². The number of hydrogen-bond acceptors (Lipinski definition) is 2. The first-order valence-electron chi connectivity index (χ1n) is 7.93. The fourth-order valence-corrected chi connectivity index (χ4v) is 3.83. The van der Waals surface area contributed by atoms with Gasteiger partial charge in [0.2, 0.25) is 0 Å². The summed E-state index contributed by atoms with van der Waals surface area (Å²) in [6, 6.07) is 14.5. The fraction of sp³-hybridized carbons (Fsp3) is 0.444. The summed E-state index contributed by atoms with van der Waals surface area (Å²) in [6.45, 7) is 7.27. The average molecular weight is 302 g/mol. The molecule has 0 fully saturated rings. The summed E-state index contributed by atoms with van der Waals surface area (Å²) < 4.78 is 12.3. The van der Waals surface area contributed by atoms with Crippen LogP contribution in [0.5, 0.6) is 5.75 Å². The van der Waals surface area contributed by atoms with E-state index in [1.807, 2.05) is 12.1 Å². The fourth-order valence-electron chi connectivity index (χ4n) is 2.43. The molecule has 0 amide bonds. The first-order valence-corrected chi connectivity index (χ1v) is 10.7. The summed E-state index contributed by atoms with van der Waals surface area (Å²) in [4.78, 5) is 0. The van der Waals surface area contributed by atoms with Crippen molar-refractivity contribution in [2.45, 2.75) is 45.7 Å².